The SMILES string of the molecule is COBNCCNS(=O)(=O)c1ccc(Nc2cc(-c3ccccc3)nc3c(Br)cnn23)cc1. The van der Waals surface area contributed by atoms with Gasteiger partial charge in [-0.1, -0.05) is 30.3 Å². The van der Waals surface area contributed by atoms with Gasteiger partial charge in [0.25, 0.3) is 0 Å². The average molecular weight is 529 g/mol. The zero-order chi connectivity index (χ0) is 23.3. The van der Waals surface area contributed by atoms with Crippen LogP contribution in [0.25, 0.3) is 16.9 Å². The molecule has 0 amide bonds. The van der Waals surface area contributed by atoms with Crippen LogP contribution in [0.2, 0.25) is 0 Å². The number of aromatic nitrogens is 3. The molecule has 170 valence electrons. The highest BCUT2D eigenvalue weighted by Crippen LogP contribution is 2.27. The summed E-state index contributed by atoms with van der Waals surface area (Å²) >= 11 is 3.50. The molecule has 0 radical (unpaired) electrons. The minimum atomic E-state index is -3.60. The van der Waals surface area contributed by atoms with E-state index < -0.39 is 10.0 Å². The molecule has 3 N–H and O–H groups in total. The predicted molar refractivity (Wildman–Crippen MR) is 133 cm³/mol. The summed E-state index contributed by atoms with van der Waals surface area (Å²) in [6, 6.07) is 18.3. The van der Waals surface area contributed by atoms with Gasteiger partial charge in [-0.2, -0.15) is 9.61 Å². The third-order valence-electron chi connectivity index (χ3n) is 4.78. The van der Waals surface area contributed by atoms with Gasteiger partial charge in [0.1, 0.15) is 5.82 Å². The summed E-state index contributed by atoms with van der Waals surface area (Å²) in [5.74, 6) is 0.697. The van der Waals surface area contributed by atoms with Crippen LogP contribution in [0, 0.1) is 0 Å². The van der Waals surface area contributed by atoms with Crippen molar-refractivity contribution in [3.63, 3.8) is 0 Å². The Balaban J connectivity index is 1.55. The number of anilines is 2. The first-order chi connectivity index (χ1) is 16.0. The van der Waals surface area contributed by atoms with Crippen LogP contribution in [0.15, 0.2) is 76.2 Å². The molecular weight excluding hydrogens is 507 g/mol. The van der Waals surface area contributed by atoms with Crippen LogP contribution in [0.5, 0.6) is 0 Å². The van der Waals surface area contributed by atoms with Crippen molar-refractivity contribution in [3.8, 4) is 11.3 Å². The molecule has 33 heavy (non-hydrogen) atoms. The quantitative estimate of drug-likeness (QED) is 0.214. The van der Waals surface area contributed by atoms with E-state index in [1.54, 1.807) is 42.1 Å². The molecule has 0 aliphatic carbocycles. The number of fused-ring (bicyclic) bond motifs is 1. The fourth-order valence-electron chi connectivity index (χ4n) is 3.18. The smallest absolute Gasteiger partial charge is 0.360 e. The first-order valence-electron chi connectivity index (χ1n) is 10.1. The van der Waals surface area contributed by atoms with Crippen molar-refractivity contribution in [2.24, 2.45) is 0 Å². The van der Waals surface area contributed by atoms with E-state index in [1.807, 2.05) is 36.4 Å². The first-order valence-corrected chi connectivity index (χ1v) is 12.4. The molecule has 2 aromatic heterocycles. The molecule has 9 nitrogen and oxygen atoms in total. The van der Waals surface area contributed by atoms with Crippen LogP contribution in [0.1, 0.15) is 0 Å². The van der Waals surface area contributed by atoms with Gasteiger partial charge >= 0.3 is 7.62 Å². The van der Waals surface area contributed by atoms with Crippen LogP contribution in [0.3, 0.4) is 0 Å². The second-order valence-electron chi connectivity index (χ2n) is 7.10. The van der Waals surface area contributed by atoms with E-state index in [4.69, 9.17) is 9.64 Å². The molecule has 2 aromatic carbocycles. The van der Waals surface area contributed by atoms with E-state index >= 15 is 0 Å². The van der Waals surface area contributed by atoms with Crippen LogP contribution in [0.4, 0.5) is 11.5 Å². The molecule has 0 saturated heterocycles. The molecule has 0 aliphatic heterocycles. The minimum Gasteiger partial charge on any atom is -0.427 e. The van der Waals surface area contributed by atoms with Crippen molar-refractivity contribution in [1.29, 1.82) is 0 Å². The molecule has 0 bridgehead atoms. The van der Waals surface area contributed by atoms with Gasteiger partial charge in [-0.25, -0.2) is 18.1 Å². The number of rotatable bonds is 10. The Morgan fingerprint density at radius 2 is 1.85 bits per heavy atom. The summed E-state index contributed by atoms with van der Waals surface area (Å²) in [5.41, 5.74) is 3.15. The molecule has 4 rings (SSSR count). The van der Waals surface area contributed by atoms with Gasteiger partial charge in [0.15, 0.2) is 5.65 Å². The average Bonchev–Trinajstić information content (AvgIpc) is 3.21. The lowest BCUT2D eigenvalue weighted by atomic mass is 10.1. The summed E-state index contributed by atoms with van der Waals surface area (Å²) in [4.78, 5) is 4.90. The van der Waals surface area contributed by atoms with Gasteiger partial charge < -0.3 is 15.2 Å². The maximum Gasteiger partial charge on any atom is 0.360 e. The lowest BCUT2D eigenvalue weighted by molar-refractivity contribution is 0.431. The second kappa shape index (κ2) is 10.4. The fraction of sp³-hybridized carbons (Fsp3) is 0.143. The van der Waals surface area contributed by atoms with Gasteiger partial charge in [-0.3, -0.25) is 0 Å². The molecule has 0 unspecified atom stereocenters. The van der Waals surface area contributed by atoms with E-state index in [0.29, 0.717) is 31.3 Å². The number of nitrogens with one attached hydrogen (secondary N) is 3. The molecule has 0 atom stereocenters. The third kappa shape index (κ3) is 5.60. The first kappa shape index (κ1) is 23.4. The molecular formula is C21H22BBrN6O3S. The Kier molecular flexibility index (Phi) is 7.41. The maximum atomic E-state index is 12.5. The highest BCUT2D eigenvalue weighted by Gasteiger charge is 2.15. The Labute approximate surface area is 201 Å². The lowest BCUT2D eigenvalue weighted by Crippen LogP contribution is -2.33. The highest BCUT2D eigenvalue weighted by atomic mass is 79.9. The van der Waals surface area contributed by atoms with Crippen LogP contribution in [-0.4, -0.2) is 50.8 Å². The molecule has 0 saturated carbocycles. The molecule has 0 fully saturated rings. The van der Waals surface area contributed by atoms with Crippen LogP contribution >= 0.6 is 15.9 Å². The van der Waals surface area contributed by atoms with Crippen LogP contribution in [-0.2, 0) is 14.7 Å². The van der Waals surface area contributed by atoms with E-state index in [1.165, 1.54) is 0 Å². The predicted octanol–water partition coefficient (Wildman–Crippen LogP) is 2.68. The normalized spacial score (nSPS) is 11.6. The zero-order valence-corrected chi connectivity index (χ0v) is 20.2. The van der Waals surface area contributed by atoms with Crippen molar-refractivity contribution >= 4 is 50.7 Å². The van der Waals surface area contributed by atoms with E-state index in [0.717, 1.165) is 15.7 Å². The summed E-state index contributed by atoms with van der Waals surface area (Å²) in [7, 11) is -1.67. The Bertz CT molecular complexity index is 1330. The summed E-state index contributed by atoms with van der Waals surface area (Å²) < 4.78 is 34.9. The van der Waals surface area contributed by atoms with Gasteiger partial charge in [-0.05, 0) is 40.2 Å². The summed E-state index contributed by atoms with van der Waals surface area (Å²) in [6.07, 6.45) is 1.69. The second-order valence-corrected chi connectivity index (χ2v) is 9.72. The number of sulfonamides is 1. The topological polar surface area (TPSA) is 110 Å². The van der Waals surface area contributed by atoms with Crippen molar-refractivity contribution in [2.45, 2.75) is 4.90 Å². The molecule has 0 aliphatic rings. The number of nitrogens with zero attached hydrogens (tertiary/aromatic N) is 3. The number of benzene rings is 2. The lowest BCUT2D eigenvalue weighted by Gasteiger charge is -2.12. The molecule has 4 aromatic rings. The monoisotopic (exact) mass is 528 g/mol. The Morgan fingerprint density at radius 3 is 2.58 bits per heavy atom. The molecule has 12 heteroatoms. The standard InChI is InChI=1S/C21H22BBrN6O3S/c1-32-22-24-11-12-26-33(30,31)17-9-7-16(8-10-17)27-20-13-19(15-5-3-2-4-6-15)28-21-18(23)14-25-29(20)21/h2-10,13-14,22,24,26-27H,11-12H2,1H3. The van der Waals surface area contributed by atoms with Gasteiger partial charge in [-0.15, -0.1) is 0 Å². The number of hydrogen-bond acceptors (Lipinski definition) is 7. The van der Waals surface area contributed by atoms with E-state index in [-0.39, 0.29) is 11.4 Å². The van der Waals surface area contributed by atoms with Gasteiger partial charge in [0, 0.05) is 37.5 Å². The summed E-state index contributed by atoms with van der Waals surface area (Å²) in [5, 5.41) is 10.7. The largest absolute Gasteiger partial charge is 0.427 e. The number of hydrogen-bond donors (Lipinski definition) is 3. The molecule has 0 spiro atoms. The van der Waals surface area contributed by atoms with Crippen molar-refractivity contribution < 1.29 is 13.1 Å². The third-order valence-corrected chi connectivity index (χ3v) is 6.81. The maximum absolute atomic E-state index is 12.5. The van der Waals surface area contributed by atoms with E-state index in [2.05, 4.69) is 36.3 Å². The Hall–Kier alpha value is -2.77. The van der Waals surface area contributed by atoms with Gasteiger partial charge in [0.2, 0.25) is 10.0 Å². The molecule has 2 heterocycles. The Morgan fingerprint density at radius 1 is 1.09 bits per heavy atom. The van der Waals surface area contributed by atoms with Crippen molar-refractivity contribution in [1.82, 2.24) is 24.5 Å². The van der Waals surface area contributed by atoms with Crippen molar-refractivity contribution in [3.05, 3.63) is 71.3 Å². The minimum absolute atomic E-state index is 0.187. The van der Waals surface area contributed by atoms with Gasteiger partial charge in [0.05, 0.1) is 21.3 Å². The van der Waals surface area contributed by atoms with E-state index in [9.17, 15) is 8.42 Å². The van der Waals surface area contributed by atoms with Crippen LogP contribution < -0.4 is 15.3 Å². The fourth-order valence-corrected chi connectivity index (χ4v) is 4.56. The zero-order valence-electron chi connectivity index (χ0n) is 17.8. The van der Waals surface area contributed by atoms with Crippen molar-refractivity contribution in [2.75, 3.05) is 25.5 Å². The summed E-state index contributed by atoms with van der Waals surface area (Å²) in [6.45, 7) is 0.727. The number of halogens is 1. The highest BCUT2D eigenvalue weighted by molar-refractivity contribution is 9.10.